The van der Waals surface area contributed by atoms with Crippen LogP contribution < -0.4 is 10.6 Å². The van der Waals surface area contributed by atoms with Gasteiger partial charge in [0.25, 0.3) is 0 Å². The van der Waals surface area contributed by atoms with Crippen LogP contribution in [-0.2, 0) is 17.7 Å². The van der Waals surface area contributed by atoms with Gasteiger partial charge in [0.15, 0.2) is 5.96 Å². The molecule has 1 aromatic heterocycles. The molecule has 0 radical (unpaired) electrons. The predicted molar refractivity (Wildman–Crippen MR) is 127 cm³/mol. The molecular formula is C21H32IN5O2. The summed E-state index contributed by atoms with van der Waals surface area (Å²) in [5, 5.41) is 11.1. The fourth-order valence-electron chi connectivity index (χ4n) is 2.90. The van der Waals surface area contributed by atoms with Crippen LogP contribution >= 0.6 is 24.0 Å². The monoisotopic (exact) mass is 513 g/mol. The molecule has 0 spiro atoms. The van der Waals surface area contributed by atoms with Crippen molar-refractivity contribution in [3.63, 3.8) is 0 Å². The summed E-state index contributed by atoms with van der Waals surface area (Å²) < 4.78 is 6.75. The lowest BCUT2D eigenvalue weighted by molar-refractivity contribution is 0.0600. The number of hydrogen-bond donors (Lipinski definition) is 2. The zero-order valence-electron chi connectivity index (χ0n) is 17.7. The number of guanidine groups is 1. The first-order valence-corrected chi connectivity index (χ1v) is 9.74. The van der Waals surface area contributed by atoms with Crippen LogP contribution in [0.5, 0.6) is 0 Å². The van der Waals surface area contributed by atoms with Crippen LogP contribution in [0.15, 0.2) is 35.3 Å². The number of carbonyl (C=O) groups excluding carboxylic acids is 1. The SMILES string of the molecule is CCNC(=NCCCn1nc(C)cc1C)NCCc1ccc(C(=O)OC)cc1.I. The number of nitrogens with one attached hydrogen (secondary N) is 2. The fourth-order valence-corrected chi connectivity index (χ4v) is 2.90. The van der Waals surface area contributed by atoms with Gasteiger partial charge < -0.3 is 15.4 Å². The van der Waals surface area contributed by atoms with Crippen LogP contribution in [0.3, 0.4) is 0 Å². The van der Waals surface area contributed by atoms with E-state index in [9.17, 15) is 4.79 Å². The number of ether oxygens (including phenoxy) is 1. The van der Waals surface area contributed by atoms with E-state index in [0.29, 0.717) is 5.56 Å². The number of methoxy groups -OCH3 is 1. The third-order valence-corrected chi connectivity index (χ3v) is 4.33. The van der Waals surface area contributed by atoms with Crippen molar-refractivity contribution in [2.24, 2.45) is 4.99 Å². The molecule has 0 aliphatic heterocycles. The molecule has 29 heavy (non-hydrogen) atoms. The lowest BCUT2D eigenvalue weighted by Crippen LogP contribution is -2.38. The van der Waals surface area contributed by atoms with E-state index in [2.05, 4.69) is 40.6 Å². The summed E-state index contributed by atoms with van der Waals surface area (Å²) in [6.07, 6.45) is 1.78. The van der Waals surface area contributed by atoms with Gasteiger partial charge >= 0.3 is 5.97 Å². The molecule has 0 saturated carbocycles. The molecular weight excluding hydrogens is 481 g/mol. The smallest absolute Gasteiger partial charge is 0.337 e. The van der Waals surface area contributed by atoms with E-state index in [1.165, 1.54) is 12.8 Å². The van der Waals surface area contributed by atoms with Gasteiger partial charge in [0, 0.05) is 31.9 Å². The number of esters is 1. The number of rotatable bonds is 9. The van der Waals surface area contributed by atoms with Crippen molar-refractivity contribution in [3.8, 4) is 0 Å². The van der Waals surface area contributed by atoms with E-state index in [1.54, 1.807) is 12.1 Å². The Morgan fingerprint density at radius 3 is 2.52 bits per heavy atom. The van der Waals surface area contributed by atoms with E-state index >= 15 is 0 Å². The Morgan fingerprint density at radius 1 is 1.21 bits per heavy atom. The summed E-state index contributed by atoms with van der Waals surface area (Å²) in [4.78, 5) is 16.1. The molecule has 0 atom stereocenters. The quantitative estimate of drug-likeness (QED) is 0.177. The Bertz CT molecular complexity index is 787. The van der Waals surface area contributed by atoms with Gasteiger partial charge in [-0.15, -0.1) is 24.0 Å². The Morgan fingerprint density at radius 2 is 1.93 bits per heavy atom. The fraction of sp³-hybridized carbons (Fsp3) is 0.476. The molecule has 1 heterocycles. The van der Waals surface area contributed by atoms with Crippen LogP contribution in [0.25, 0.3) is 0 Å². The number of aliphatic imine (C=N–C) groups is 1. The maximum atomic E-state index is 11.5. The number of hydrogen-bond acceptors (Lipinski definition) is 4. The second kappa shape index (κ2) is 13.2. The van der Waals surface area contributed by atoms with Gasteiger partial charge in [-0.05, 0) is 57.4 Å². The summed E-state index contributed by atoms with van der Waals surface area (Å²) in [7, 11) is 1.39. The number of aromatic nitrogens is 2. The highest BCUT2D eigenvalue weighted by atomic mass is 127. The Balaban J connectivity index is 0.00000420. The summed E-state index contributed by atoms with van der Waals surface area (Å²) in [5.41, 5.74) is 3.96. The Hall–Kier alpha value is -2.10. The average Bonchev–Trinajstić information content (AvgIpc) is 3.02. The van der Waals surface area contributed by atoms with Gasteiger partial charge in [-0.3, -0.25) is 9.67 Å². The van der Waals surface area contributed by atoms with Gasteiger partial charge in [-0.25, -0.2) is 4.79 Å². The van der Waals surface area contributed by atoms with Crippen molar-refractivity contribution in [2.45, 2.75) is 40.2 Å². The minimum atomic E-state index is -0.313. The number of nitrogens with zero attached hydrogens (tertiary/aromatic N) is 3. The van der Waals surface area contributed by atoms with E-state index < -0.39 is 0 Å². The number of benzene rings is 1. The highest BCUT2D eigenvalue weighted by Gasteiger charge is 2.05. The van der Waals surface area contributed by atoms with E-state index in [0.717, 1.165) is 56.2 Å². The van der Waals surface area contributed by atoms with Crippen LogP contribution in [-0.4, -0.2) is 48.5 Å². The molecule has 2 N–H and O–H groups in total. The molecule has 0 saturated heterocycles. The summed E-state index contributed by atoms with van der Waals surface area (Å²) in [5.74, 6) is 0.508. The topological polar surface area (TPSA) is 80.5 Å². The summed E-state index contributed by atoms with van der Waals surface area (Å²) in [6, 6.07) is 9.57. The van der Waals surface area contributed by atoms with Crippen molar-refractivity contribution >= 4 is 35.9 Å². The first kappa shape index (κ1) is 24.9. The summed E-state index contributed by atoms with van der Waals surface area (Å²) >= 11 is 0. The molecule has 0 aliphatic rings. The van der Waals surface area contributed by atoms with E-state index in [1.807, 2.05) is 23.7 Å². The zero-order chi connectivity index (χ0) is 20.4. The van der Waals surface area contributed by atoms with Gasteiger partial charge in [-0.2, -0.15) is 5.10 Å². The number of aryl methyl sites for hydroxylation is 3. The lowest BCUT2D eigenvalue weighted by Gasteiger charge is -2.11. The Kier molecular flexibility index (Phi) is 11.3. The molecule has 8 heteroatoms. The molecule has 1 aromatic carbocycles. The second-order valence-electron chi connectivity index (χ2n) is 6.63. The van der Waals surface area contributed by atoms with Crippen LogP contribution in [0.2, 0.25) is 0 Å². The van der Waals surface area contributed by atoms with Gasteiger partial charge in [0.05, 0.1) is 18.4 Å². The molecule has 0 bridgehead atoms. The molecule has 0 unspecified atom stereocenters. The summed E-state index contributed by atoms with van der Waals surface area (Å²) in [6.45, 7) is 9.33. The first-order valence-electron chi connectivity index (χ1n) is 9.74. The number of halogens is 1. The highest BCUT2D eigenvalue weighted by Crippen LogP contribution is 2.06. The average molecular weight is 513 g/mol. The van der Waals surface area contributed by atoms with Crippen molar-refractivity contribution in [1.29, 1.82) is 0 Å². The maximum absolute atomic E-state index is 11.5. The minimum Gasteiger partial charge on any atom is -0.465 e. The lowest BCUT2D eigenvalue weighted by atomic mass is 10.1. The molecule has 2 aromatic rings. The largest absolute Gasteiger partial charge is 0.465 e. The standard InChI is InChI=1S/C21H31N5O2.HI/c1-5-22-21(23-12-6-14-26-17(3)15-16(2)25-26)24-13-11-18-7-9-19(10-8-18)20(27)28-4;/h7-10,15H,5-6,11-14H2,1-4H3,(H2,22,23,24);1H. The van der Waals surface area contributed by atoms with E-state index in [-0.39, 0.29) is 29.9 Å². The molecule has 160 valence electrons. The third kappa shape index (κ3) is 8.43. The molecule has 7 nitrogen and oxygen atoms in total. The van der Waals surface area contributed by atoms with Crippen LogP contribution in [0.4, 0.5) is 0 Å². The van der Waals surface area contributed by atoms with Crippen molar-refractivity contribution in [1.82, 2.24) is 20.4 Å². The molecule has 0 amide bonds. The molecule has 2 rings (SSSR count). The van der Waals surface area contributed by atoms with Gasteiger partial charge in [0.1, 0.15) is 0 Å². The second-order valence-corrected chi connectivity index (χ2v) is 6.63. The van der Waals surface area contributed by atoms with Gasteiger partial charge in [0.2, 0.25) is 0 Å². The molecule has 0 fully saturated rings. The number of carbonyl (C=O) groups is 1. The van der Waals surface area contributed by atoms with Crippen molar-refractivity contribution in [3.05, 3.63) is 52.8 Å². The maximum Gasteiger partial charge on any atom is 0.337 e. The zero-order valence-corrected chi connectivity index (χ0v) is 20.0. The minimum absolute atomic E-state index is 0. The van der Waals surface area contributed by atoms with Gasteiger partial charge in [-0.1, -0.05) is 12.1 Å². The highest BCUT2D eigenvalue weighted by molar-refractivity contribution is 14.0. The van der Waals surface area contributed by atoms with Crippen LogP contribution in [0, 0.1) is 13.8 Å². The molecule has 0 aliphatic carbocycles. The van der Waals surface area contributed by atoms with E-state index in [4.69, 9.17) is 4.74 Å². The normalized spacial score (nSPS) is 11.0. The van der Waals surface area contributed by atoms with Crippen LogP contribution in [0.1, 0.15) is 40.7 Å². The third-order valence-electron chi connectivity index (χ3n) is 4.33. The first-order chi connectivity index (χ1) is 13.5. The van der Waals surface area contributed by atoms with Crippen molar-refractivity contribution in [2.75, 3.05) is 26.7 Å². The van der Waals surface area contributed by atoms with Crippen molar-refractivity contribution < 1.29 is 9.53 Å². The Labute approximate surface area is 190 Å². The predicted octanol–water partition coefficient (Wildman–Crippen LogP) is 3.09.